The summed E-state index contributed by atoms with van der Waals surface area (Å²) in [5, 5.41) is 26.4. The number of carbonyl (C=O) groups is 1. The number of rotatable bonds is 5. The Kier molecular flexibility index (Phi) is 6.25. The second-order valence-corrected chi connectivity index (χ2v) is 10.6. The van der Waals surface area contributed by atoms with E-state index in [1.54, 1.807) is 6.08 Å². The Labute approximate surface area is 224 Å². The van der Waals surface area contributed by atoms with Gasteiger partial charge in [0.1, 0.15) is 22.7 Å². The number of aryl methyl sites for hydroxylation is 1. The van der Waals surface area contributed by atoms with Crippen molar-refractivity contribution in [2.24, 2.45) is 0 Å². The normalized spacial score (nSPS) is 13.2. The van der Waals surface area contributed by atoms with Gasteiger partial charge in [0.2, 0.25) is 0 Å². The van der Waals surface area contributed by atoms with Crippen LogP contribution in [0.3, 0.4) is 0 Å². The van der Waals surface area contributed by atoms with E-state index in [2.05, 4.69) is 58.4 Å². The third kappa shape index (κ3) is 4.26. The van der Waals surface area contributed by atoms with Gasteiger partial charge in [-0.25, -0.2) is 0 Å². The highest BCUT2D eigenvalue weighted by Crippen LogP contribution is 2.38. The fourth-order valence-corrected chi connectivity index (χ4v) is 6.62. The van der Waals surface area contributed by atoms with E-state index in [-0.39, 0.29) is 5.57 Å². The highest BCUT2D eigenvalue weighted by atomic mass is 32.1. The number of amides is 1. The number of fused-ring (bicyclic) bond motifs is 3. The molecular weight excluding hydrogens is 488 g/mol. The van der Waals surface area contributed by atoms with Crippen LogP contribution in [-0.2, 0) is 24.2 Å². The van der Waals surface area contributed by atoms with Crippen molar-refractivity contribution in [3.63, 3.8) is 0 Å². The largest absolute Gasteiger partial charge is 0.342 e. The second-order valence-electron chi connectivity index (χ2n) is 9.52. The van der Waals surface area contributed by atoms with Crippen molar-refractivity contribution in [2.45, 2.75) is 32.2 Å². The molecule has 0 saturated heterocycles. The zero-order valence-electron chi connectivity index (χ0n) is 20.7. The molecule has 5 nitrogen and oxygen atoms in total. The fourth-order valence-electron chi connectivity index (χ4n) is 5.38. The van der Waals surface area contributed by atoms with E-state index < -0.39 is 5.91 Å². The molecule has 0 saturated carbocycles. The van der Waals surface area contributed by atoms with Gasteiger partial charge in [0, 0.05) is 34.1 Å². The summed E-state index contributed by atoms with van der Waals surface area (Å²) in [4.78, 5) is 14.4. The first-order chi connectivity index (χ1) is 18.7. The first-order valence-electron chi connectivity index (χ1n) is 12.7. The Morgan fingerprint density at radius 1 is 0.974 bits per heavy atom. The molecule has 2 aromatic heterocycles. The van der Waals surface area contributed by atoms with Crippen molar-refractivity contribution < 1.29 is 4.79 Å². The Bertz CT molecular complexity index is 1820. The summed E-state index contributed by atoms with van der Waals surface area (Å²) < 4.78 is 2.16. The average molecular weight is 513 g/mol. The lowest BCUT2D eigenvalue weighted by Crippen LogP contribution is -2.13. The molecule has 0 atom stereocenters. The minimum Gasteiger partial charge on any atom is -0.342 e. The van der Waals surface area contributed by atoms with Gasteiger partial charge in [0.25, 0.3) is 5.91 Å². The van der Waals surface area contributed by atoms with Crippen LogP contribution in [0.2, 0.25) is 0 Å². The molecule has 0 aliphatic heterocycles. The molecule has 184 valence electrons. The standard InChI is InChI=1S/C32H24N4OS/c33-17-23(31(37)35-32-28(18-34)27-13-4-6-15-30(27)38-32)16-24-20-36(29-14-5-3-12-26(24)29)19-22-10-7-9-21-8-1-2-11-25(21)22/h1-3,5,7-12,14,16,20H,4,6,13,15,19H2,(H,35,37)/b23-16+. The number of hydrogen-bond acceptors (Lipinski definition) is 4. The molecule has 0 fully saturated rings. The van der Waals surface area contributed by atoms with E-state index in [0.29, 0.717) is 17.1 Å². The number of nitrogens with one attached hydrogen (secondary N) is 1. The van der Waals surface area contributed by atoms with Crippen LogP contribution in [0.1, 0.15) is 40.0 Å². The van der Waals surface area contributed by atoms with E-state index in [0.717, 1.165) is 47.7 Å². The molecule has 6 rings (SSSR count). The lowest BCUT2D eigenvalue weighted by atomic mass is 9.96. The van der Waals surface area contributed by atoms with Crippen molar-refractivity contribution >= 4 is 50.0 Å². The van der Waals surface area contributed by atoms with Crippen LogP contribution in [0.15, 0.2) is 78.5 Å². The van der Waals surface area contributed by atoms with Crippen molar-refractivity contribution in [1.29, 1.82) is 10.5 Å². The van der Waals surface area contributed by atoms with E-state index in [1.807, 2.05) is 36.5 Å². The van der Waals surface area contributed by atoms with Gasteiger partial charge in [-0.1, -0.05) is 60.7 Å². The van der Waals surface area contributed by atoms with E-state index >= 15 is 0 Å². The predicted molar refractivity (Wildman–Crippen MR) is 153 cm³/mol. The van der Waals surface area contributed by atoms with Gasteiger partial charge in [-0.05, 0) is 59.7 Å². The predicted octanol–water partition coefficient (Wildman–Crippen LogP) is 7.20. The molecule has 1 aliphatic rings. The van der Waals surface area contributed by atoms with Crippen molar-refractivity contribution in [3.8, 4) is 12.1 Å². The zero-order chi connectivity index (χ0) is 26.1. The number of benzene rings is 3. The van der Waals surface area contributed by atoms with Crippen LogP contribution in [0.4, 0.5) is 5.00 Å². The molecule has 0 bridgehead atoms. The summed E-state index contributed by atoms with van der Waals surface area (Å²) >= 11 is 1.46. The molecule has 3 aromatic carbocycles. The highest BCUT2D eigenvalue weighted by molar-refractivity contribution is 7.16. The van der Waals surface area contributed by atoms with E-state index in [9.17, 15) is 15.3 Å². The Hall–Kier alpha value is -4.65. The quantitative estimate of drug-likeness (QED) is 0.200. The lowest BCUT2D eigenvalue weighted by molar-refractivity contribution is -0.112. The topological polar surface area (TPSA) is 81.6 Å². The smallest absolute Gasteiger partial charge is 0.266 e. The summed E-state index contributed by atoms with van der Waals surface area (Å²) in [6.45, 7) is 0.663. The molecule has 1 N–H and O–H groups in total. The summed E-state index contributed by atoms with van der Waals surface area (Å²) in [7, 11) is 0. The van der Waals surface area contributed by atoms with Gasteiger partial charge in [-0.15, -0.1) is 11.3 Å². The number of thiophene rings is 1. The van der Waals surface area contributed by atoms with Gasteiger partial charge in [0.15, 0.2) is 0 Å². The van der Waals surface area contributed by atoms with Crippen LogP contribution in [0, 0.1) is 22.7 Å². The van der Waals surface area contributed by atoms with E-state index in [1.165, 1.54) is 32.5 Å². The first-order valence-corrected chi connectivity index (χ1v) is 13.5. The van der Waals surface area contributed by atoms with Crippen molar-refractivity contribution in [1.82, 2.24) is 4.57 Å². The maximum Gasteiger partial charge on any atom is 0.266 e. The number of para-hydroxylation sites is 1. The van der Waals surface area contributed by atoms with Crippen molar-refractivity contribution in [3.05, 3.63) is 106 Å². The molecule has 1 aliphatic carbocycles. The third-order valence-electron chi connectivity index (χ3n) is 7.22. The summed E-state index contributed by atoms with van der Waals surface area (Å²) in [6, 6.07) is 27.0. The Balaban J connectivity index is 1.35. The molecule has 0 radical (unpaired) electrons. The summed E-state index contributed by atoms with van der Waals surface area (Å²) in [6.07, 6.45) is 7.60. The number of carbonyl (C=O) groups excluding carboxylic acids is 1. The Morgan fingerprint density at radius 3 is 2.58 bits per heavy atom. The van der Waals surface area contributed by atoms with Crippen molar-refractivity contribution in [2.75, 3.05) is 5.32 Å². The molecule has 0 spiro atoms. The molecule has 2 heterocycles. The van der Waals surface area contributed by atoms with Crippen LogP contribution in [-0.4, -0.2) is 10.5 Å². The first kappa shape index (κ1) is 23.7. The summed E-state index contributed by atoms with van der Waals surface area (Å²) in [5.41, 5.74) is 4.64. The monoisotopic (exact) mass is 512 g/mol. The third-order valence-corrected chi connectivity index (χ3v) is 8.42. The Morgan fingerprint density at radius 2 is 1.74 bits per heavy atom. The van der Waals surface area contributed by atoms with Crippen LogP contribution >= 0.6 is 11.3 Å². The molecule has 1 amide bonds. The molecule has 5 aromatic rings. The molecule has 6 heteroatoms. The number of nitrogens with zero attached hydrogens (tertiary/aromatic N) is 3. The van der Waals surface area contributed by atoms with Gasteiger partial charge >= 0.3 is 0 Å². The second kappa shape index (κ2) is 10.0. The van der Waals surface area contributed by atoms with Crippen LogP contribution < -0.4 is 5.32 Å². The lowest BCUT2D eigenvalue weighted by Gasteiger charge is -2.09. The maximum atomic E-state index is 13.2. The SMILES string of the molecule is N#C/C(=C\c1cn(Cc2cccc3ccccc23)c2ccccc12)C(=O)Nc1sc2c(c1C#N)CCCC2. The zero-order valence-corrected chi connectivity index (χ0v) is 21.5. The fraction of sp³-hybridized carbons (Fsp3) is 0.156. The highest BCUT2D eigenvalue weighted by Gasteiger charge is 2.23. The van der Waals surface area contributed by atoms with Crippen LogP contribution in [0.25, 0.3) is 27.8 Å². The molecular formula is C32H24N4OS. The van der Waals surface area contributed by atoms with Gasteiger partial charge in [0.05, 0.1) is 5.56 Å². The minimum atomic E-state index is -0.492. The minimum absolute atomic E-state index is 0.00771. The maximum absolute atomic E-state index is 13.2. The number of nitriles is 2. The molecule has 38 heavy (non-hydrogen) atoms. The van der Waals surface area contributed by atoms with Gasteiger partial charge < -0.3 is 9.88 Å². The van der Waals surface area contributed by atoms with Crippen LogP contribution in [0.5, 0.6) is 0 Å². The average Bonchev–Trinajstić information content (AvgIpc) is 3.49. The number of anilines is 1. The summed E-state index contributed by atoms with van der Waals surface area (Å²) in [5.74, 6) is -0.492. The van der Waals surface area contributed by atoms with Gasteiger partial charge in [-0.2, -0.15) is 10.5 Å². The number of hydrogen-bond donors (Lipinski definition) is 1. The van der Waals surface area contributed by atoms with Gasteiger partial charge in [-0.3, -0.25) is 4.79 Å². The number of aromatic nitrogens is 1. The molecule has 0 unspecified atom stereocenters. The van der Waals surface area contributed by atoms with E-state index in [4.69, 9.17) is 0 Å².